The Labute approximate surface area is 160 Å². The quantitative estimate of drug-likeness (QED) is 0.428. The highest BCUT2D eigenvalue weighted by atomic mass is 35.5. The molecular weight excluding hydrogens is 362 g/mol. The predicted octanol–water partition coefficient (Wildman–Crippen LogP) is 3.53. The number of ether oxygens (including phenoxy) is 1. The van der Waals surface area contributed by atoms with Gasteiger partial charge in [0.15, 0.2) is 5.58 Å². The molecular formula is C22H17ClNO3+. The lowest BCUT2D eigenvalue weighted by Gasteiger charge is -2.26. The maximum Gasteiger partial charge on any atom is 0.344 e. The molecule has 0 saturated carbocycles. The normalized spacial score (nSPS) is 16.3. The lowest BCUT2D eigenvalue weighted by atomic mass is 10.0. The molecule has 4 nitrogen and oxygen atoms in total. The fraction of sp³-hybridized carbons (Fsp3) is 0.136. The minimum Gasteiger partial charge on any atom is -0.445 e. The van der Waals surface area contributed by atoms with Crippen LogP contribution in [0.25, 0.3) is 21.7 Å². The van der Waals surface area contributed by atoms with Crippen molar-refractivity contribution in [3.63, 3.8) is 0 Å². The van der Waals surface area contributed by atoms with Crippen LogP contribution in [-0.4, -0.2) is 6.73 Å². The first-order valence-electron chi connectivity index (χ1n) is 8.87. The lowest BCUT2D eigenvalue weighted by molar-refractivity contribution is -0.945. The van der Waals surface area contributed by atoms with E-state index in [9.17, 15) is 4.79 Å². The predicted molar refractivity (Wildman–Crippen MR) is 105 cm³/mol. The Kier molecular flexibility index (Phi) is 3.88. The molecule has 0 bridgehead atoms. The average Bonchev–Trinajstić information content (AvgIpc) is 2.68. The molecule has 5 heteroatoms. The van der Waals surface area contributed by atoms with Gasteiger partial charge in [0.25, 0.3) is 0 Å². The van der Waals surface area contributed by atoms with Crippen LogP contribution < -0.4 is 15.3 Å². The molecule has 1 aliphatic rings. The third kappa shape index (κ3) is 2.87. The van der Waals surface area contributed by atoms with Gasteiger partial charge in [0.1, 0.15) is 18.8 Å². The van der Waals surface area contributed by atoms with E-state index in [2.05, 4.69) is 6.07 Å². The van der Waals surface area contributed by atoms with Crippen LogP contribution >= 0.6 is 11.6 Å². The van der Waals surface area contributed by atoms with Crippen molar-refractivity contribution in [2.24, 2.45) is 0 Å². The molecule has 0 saturated heterocycles. The monoisotopic (exact) mass is 378 g/mol. The largest absolute Gasteiger partial charge is 0.445 e. The van der Waals surface area contributed by atoms with Crippen molar-refractivity contribution in [2.75, 3.05) is 6.73 Å². The second kappa shape index (κ2) is 6.41. The van der Waals surface area contributed by atoms with Gasteiger partial charge in [-0.15, -0.1) is 0 Å². The van der Waals surface area contributed by atoms with Crippen molar-refractivity contribution in [3.8, 4) is 5.75 Å². The van der Waals surface area contributed by atoms with Crippen LogP contribution in [0, 0.1) is 0 Å². The van der Waals surface area contributed by atoms with Gasteiger partial charge in [-0.3, -0.25) is 4.90 Å². The van der Waals surface area contributed by atoms with Gasteiger partial charge in [0.05, 0.1) is 10.9 Å². The molecule has 1 atom stereocenters. The maximum atomic E-state index is 12.5. The number of quaternary nitrogens is 1. The first kappa shape index (κ1) is 16.4. The Hall–Kier alpha value is -2.82. The van der Waals surface area contributed by atoms with E-state index < -0.39 is 0 Å². The standard InChI is InChI=1S/C22H16ClNO3/c23-15-5-3-4-14(10-15)11-24-12-19-20(26-13-24)9-8-17-16-6-1-2-7-18(16)22(25)27-21(17)19/h1-10H,11-13H2/p+1. The van der Waals surface area contributed by atoms with Crippen LogP contribution in [-0.2, 0) is 13.1 Å². The fourth-order valence-electron chi connectivity index (χ4n) is 3.81. The Bertz CT molecular complexity index is 1230. The van der Waals surface area contributed by atoms with Crippen LogP contribution in [0.5, 0.6) is 5.75 Å². The van der Waals surface area contributed by atoms with Crippen molar-refractivity contribution >= 4 is 33.3 Å². The summed E-state index contributed by atoms with van der Waals surface area (Å²) in [7, 11) is 0. The molecule has 1 N–H and O–H groups in total. The van der Waals surface area contributed by atoms with E-state index in [4.69, 9.17) is 20.8 Å². The Balaban J connectivity index is 1.59. The molecule has 0 amide bonds. The SMILES string of the molecule is O=c1oc2c3c(ccc2c2ccccc12)OC[NH+](Cc1cccc(Cl)c1)C3. The minimum absolute atomic E-state index is 0.312. The number of rotatable bonds is 2. The summed E-state index contributed by atoms with van der Waals surface area (Å²) in [6.45, 7) is 2.07. The fourth-order valence-corrected chi connectivity index (χ4v) is 4.03. The van der Waals surface area contributed by atoms with Crippen LogP contribution in [0.15, 0.2) is 69.9 Å². The molecule has 1 unspecified atom stereocenters. The van der Waals surface area contributed by atoms with Crippen molar-refractivity contribution in [2.45, 2.75) is 13.1 Å². The number of nitrogens with one attached hydrogen (secondary N) is 1. The van der Waals surface area contributed by atoms with Gasteiger partial charge in [-0.2, -0.15) is 0 Å². The van der Waals surface area contributed by atoms with Gasteiger partial charge in [-0.05, 0) is 35.7 Å². The van der Waals surface area contributed by atoms with E-state index in [0.29, 0.717) is 17.7 Å². The summed E-state index contributed by atoms with van der Waals surface area (Å²) in [6, 6.07) is 19.4. The Morgan fingerprint density at radius 2 is 1.81 bits per heavy atom. The number of benzene rings is 3. The van der Waals surface area contributed by atoms with Crippen LogP contribution in [0.4, 0.5) is 0 Å². The molecule has 134 valence electrons. The van der Waals surface area contributed by atoms with Gasteiger partial charge >= 0.3 is 5.63 Å². The summed E-state index contributed by atoms with van der Waals surface area (Å²) in [5.74, 6) is 0.788. The maximum absolute atomic E-state index is 12.5. The zero-order chi connectivity index (χ0) is 18.4. The number of halogens is 1. The van der Waals surface area contributed by atoms with Gasteiger partial charge in [-0.1, -0.05) is 41.9 Å². The number of hydrogen-bond donors (Lipinski definition) is 1. The second-order valence-electron chi connectivity index (χ2n) is 6.88. The molecule has 1 aromatic heterocycles. The summed E-state index contributed by atoms with van der Waals surface area (Å²) in [6.07, 6.45) is 0. The molecule has 0 fully saturated rings. The van der Waals surface area contributed by atoms with Crippen molar-refractivity contribution < 1.29 is 14.1 Å². The highest BCUT2D eigenvalue weighted by Gasteiger charge is 2.25. The molecule has 2 heterocycles. The molecule has 0 radical (unpaired) electrons. The molecule has 1 aliphatic heterocycles. The van der Waals surface area contributed by atoms with Gasteiger partial charge in [-0.25, -0.2) is 4.79 Å². The molecule has 5 rings (SSSR count). The molecule has 3 aromatic carbocycles. The Morgan fingerprint density at radius 3 is 2.67 bits per heavy atom. The summed E-state index contributed by atoms with van der Waals surface area (Å²) in [4.78, 5) is 13.7. The summed E-state index contributed by atoms with van der Waals surface area (Å²) < 4.78 is 11.7. The van der Waals surface area contributed by atoms with E-state index in [-0.39, 0.29) is 5.63 Å². The smallest absolute Gasteiger partial charge is 0.344 e. The van der Waals surface area contributed by atoms with E-state index in [1.165, 1.54) is 4.90 Å². The van der Waals surface area contributed by atoms with Crippen molar-refractivity contribution in [1.29, 1.82) is 0 Å². The molecule has 27 heavy (non-hydrogen) atoms. The van der Waals surface area contributed by atoms with Crippen molar-refractivity contribution in [3.05, 3.63) is 87.2 Å². The third-order valence-electron chi connectivity index (χ3n) is 5.05. The molecule has 0 spiro atoms. The van der Waals surface area contributed by atoms with E-state index >= 15 is 0 Å². The molecule has 4 aromatic rings. The van der Waals surface area contributed by atoms with E-state index in [0.717, 1.165) is 45.8 Å². The second-order valence-corrected chi connectivity index (χ2v) is 7.31. The van der Waals surface area contributed by atoms with E-state index in [1.807, 2.05) is 48.5 Å². The number of fused-ring (bicyclic) bond motifs is 5. The topological polar surface area (TPSA) is 43.9 Å². The zero-order valence-electron chi connectivity index (χ0n) is 14.5. The highest BCUT2D eigenvalue weighted by molar-refractivity contribution is 6.30. The summed E-state index contributed by atoms with van der Waals surface area (Å²) in [5, 5.41) is 3.18. The summed E-state index contributed by atoms with van der Waals surface area (Å²) >= 11 is 6.10. The van der Waals surface area contributed by atoms with Gasteiger partial charge in [0, 0.05) is 16.0 Å². The van der Waals surface area contributed by atoms with Crippen LogP contribution in [0.3, 0.4) is 0 Å². The van der Waals surface area contributed by atoms with Crippen LogP contribution in [0.2, 0.25) is 5.02 Å². The van der Waals surface area contributed by atoms with Gasteiger partial charge in [0.2, 0.25) is 6.73 Å². The van der Waals surface area contributed by atoms with Crippen LogP contribution in [0.1, 0.15) is 11.1 Å². The van der Waals surface area contributed by atoms with Crippen molar-refractivity contribution in [1.82, 2.24) is 0 Å². The highest BCUT2D eigenvalue weighted by Crippen LogP contribution is 2.32. The zero-order valence-corrected chi connectivity index (χ0v) is 15.3. The Morgan fingerprint density at radius 1 is 0.963 bits per heavy atom. The first-order valence-corrected chi connectivity index (χ1v) is 9.25. The number of hydrogen-bond acceptors (Lipinski definition) is 3. The lowest BCUT2D eigenvalue weighted by Crippen LogP contribution is -3.10. The van der Waals surface area contributed by atoms with Gasteiger partial charge < -0.3 is 9.15 Å². The third-order valence-corrected chi connectivity index (χ3v) is 5.29. The molecule has 0 aliphatic carbocycles. The van der Waals surface area contributed by atoms with E-state index in [1.54, 1.807) is 6.07 Å². The first-order chi connectivity index (χ1) is 13.2. The summed E-state index contributed by atoms with van der Waals surface area (Å²) in [5.41, 5.74) is 2.41. The minimum atomic E-state index is -0.312. The average molecular weight is 379 g/mol.